The maximum atomic E-state index is 9.42. The van der Waals surface area contributed by atoms with E-state index < -0.39 is 5.60 Å². The summed E-state index contributed by atoms with van der Waals surface area (Å²) in [4.78, 5) is 5.84. The number of nitriles is 1. The van der Waals surface area contributed by atoms with E-state index in [1.165, 1.54) is 18.5 Å². The Kier molecular flexibility index (Phi) is 5.92. The van der Waals surface area contributed by atoms with E-state index in [9.17, 15) is 5.26 Å². The van der Waals surface area contributed by atoms with Crippen LogP contribution in [0.25, 0.3) is 10.9 Å². The standard InChI is InChI=1S/C27H25N3O/c1-27(23-8-4-3-5-9-23)19-22(26(20-28)29-2)18-25(31-27)15-12-21-10-13-24(14-11-21)30-16-6-7-17-30/h3-5,8-15,18H,6-7,16-17,19H2,1H3/b15-12+,26-22+. The fourth-order valence-electron chi connectivity index (χ4n) is 4.22. The molecule has 2 aliphatic rings. The van der Waals surface area contributed by atoms with Crippen LogP contribution < -0.4 is 4.90 Å². The lowest BCUT2D eigenvalue weighted by Crippen LogP contribution is -2.29. The zero-order valence-corrected chi connectivity index (χ0v) is 17.7. The minimum Gasteiger partial charge on any atom is -0.483 e. The molecular formula is C27H25N3O. The van der Waals surface area contributed by atoms with Crippen molar-refractivity contribution in [1.82, 2.24) is 0 Å². The topological polar surface area (TPSA) is 40.6 Å². The van der Waals surface area contributed by atoms with Crippen molar-refractivity contribution in [3.8, 4) is 6.07 Å². The molecule has 0 radical (unpaired) electrons. The number of hydrogen-bond acceptors (Lipinski definition) is 3. The molecule has 2 aliphatic heterocycles. The molecule has 4 nitrogen and oxygen atoms in total. The van der Waals surface area contributed by atoms with E-state index in [0.717, 1.165) is 24.2 Å². The van der Waals surface area contributed by atoms with E-state index in [2.05, 4.69) is 34.0 Å². The molecule has 1 saturated heterocycles. The monoisotopic (exact) mass is 407 g/mol. The van der Waals surface area contributed by atoms with Crippen molar-refractivity contribution in [2.45, 2.75) is 31.8 Å². The Morgan fingerprint density at radius 2 is 1.81 bits per heavy atom. The molecule has 0 amide bonds. The van der Waals surface area contributed by atoms with Crippen molar-refractivity contribution in [3.63, 3.8) is 0 Å². The van der Waals surface area contributed by atoms with Crippen molar-refractivity contribution in [1.29, 1.82) is 5.26 Å². The van der Waals surface area contributed by atoms with E-state index in [1.807, 2.05) is 61.6 Å². The normalized spacial score (nSPS) is 22.4. The molecule has 0 bridgehead atoms. The van der Waals surface area contributed by atoms with Gasteiger partial charge in [-0.3, -0.25) is 0 Å². The quantitative estimate of drug-likeness (QED) is 0.446. The molecule has 2 heterocycles. The first kappa shape index (κ1) is 20.5. The molecule has 0 N–H and O–H groups in total. The third-order valence-corrected chi connectivity index (χ3v) is 5.90. The Balaban J connectivity index is 1.62. The zero-order chi connectivity index (χ0) is 21.7. The summed E-state index contributed by atoms with van der Waals surface area (Å²) in [7, 11) is 0. The molecule has 0 saturated carbocycles. The molecule has 0 aromatic heterocycles. The molecule has 1 fully saturated rings. The van der Waals surface area contributed by atoms with Gasteiger partial charge in [0.2, 0.25) is 0 Å². The van der Waals surface area contributed by atoms with Gasteiger partial charge < -0.3 is 9.64 Å². The number of hydrogen-bond donors (Lipinski definition) is 0. The number of nitrogens with zero attached hydrogens (tertiary/aromatic N) is 3. The Labute approximate surface area is 184 Å². The summed E-state index contributed by atoms with van der Waals surface area (Å²) in [6.07, 6.45) is 8.75. The molecule has 4 rings (SSSR count). The molecule has 0 spiro atoms. The molecule has 31 heavy (non-hydrogen) atoms. The Morgan fingerprint density at radius 3 is 2.45 bits per heavy atom. The summed E-state index contributed by atoms with van der Waals surface area (Å²) in [5.41, 5.74) is 3.54. The number of allylic oxidation sites excluding steroid dienone is 3. The average molecular weight is 408 g/mol. The molecule has 154 valence electrons. The summed E-state index contributed by atoms with van der Waals surface area (Å²) >= 11 is 0. The zero-order valence-electron chi connectivity index (χ0n) is 17.7. The number of rotatable bonds is 4. The van der Waals surface area contributed by atoms with Gasteiger partial charge >= 0.3 is 0 Å². The lowest BCUT2D eigenvalue weighted by Gasteiger charge is -2.36. The molecule has 2 aromatic rings. The van der Waals surface area contributed by atoms with Gasteiger partial charge in [-0.15, -0.1) is 0 Å². The predicted octanol–water partition coefficient (Wildman–Crippen LogP) is 6.22. The van der Waals surface area contributed by atoms with Crippen molar-refractivity contribution < 1.29 is 4.74 Å². The molecular weight excluding hydrogens is 382 g/mol. The van der Waals surface area contributed by atoms with E-state index >= 15 is 0 Å². The summed E-state index contributed by atoms with van der Waals surface area (Å²) in [6, 6.07) is 20.5. The highest BCUT2D eigenvalue weighted by Crippen LogP contribution is 2.40. The van der Waals surface area contributed by atoms with Gasteiger partial charge in [-0.05, 0) is 60.8 Å². The van der Waals surface area contributed by atoms with Crippen LogP contribution in [0.4, 0.5) is 5.69 Å². The van der Waals surface area contributed by atoms with E-state index in [-0.39, 0.29) is 5.70 Å². The van der Waals surface area contributed by atoms with E-state index in [0.29, 0.717) is 17.8 Å². The van der Waals surface area contributed by atoms with Gasteiger partial charge in [-0.1, -0.05) is 48.5 Å². The summed E-state index contributed by atoms with van der Waals surface area (Å²) in [5.74, 6) is 0.646. The molecule has 0 aliphatic carbocycles. The third-order valence-electron chi connectivity index (χ3n) is 5.90. The second kappa shape index (κ2) is 8.94. The van der Waals surface area contributed by atoms with Crippen LogP contribution in [0.5, 0.6) is 0 Å². The maximum Gasteiger partial charge on any atom is 0.265 e. The highest BCUT2D eigenvalue weighted by molar-refractivity contribution is 5.58. The first-order valence-corrected chi connectivity index (χ1v) is 10.6. The Morgan fingerprint density at radius 1 is 1.10 bits per heavy atom. The molecule has 1 unspecified atom stereocenters. The van der Waals surface area contributed by atoms with Gasteiger partial charge in [0.05, 0.1) is 12.6 Å². The van der Waals surface area contributed by atoms with Crippen LogP contribution in [0.1, 0.15) is 37.3 Å². The summed E-state index contributed by atoms with van der Waals surface area (Å²) in [6.45, 7) is 11.6. The third kappa shape index (κ3) is 4.55. The predicted molar refractivity (Wildman–Crippen MR) is 124 cm³/mol. The van der Waals surface area contributed by atoms with Crippen molar-refractivity contribution in [2.24, 2.45) is 0 Å². The maximum absolute atomic E-state index is 9.42. The Hall–Kier alpha value is -3.76. The SMILES string of the molecule is [C-]#[N+]/C(C#N)=C1C=C(/C=C/c2ccc(N3CCCC3)cc2)OC(C)(c2ccccc2)C\1. The number of benzene rings is 2. The Bertz CT molecular complexity index is 1090. The fourth-order valence-corrected chi connectivity index (χ4v) is 4.22. The summed E-state index contributed by atoms with van der Waals surface area (Å²) < 4.78 is 6.38. The summed E-state index contributed by atoms with van der Waals surface area (Å²) in [5, 5.41) is 9.42. The fraction of sp³-hybridized carbons (Fsp3) is 0.259. The first-order chi connectivity index (χ1) is 15.1. The second-order valence-electron chi connectivity index (χ2n) is 8.14. The van der Waals surface area contributed by atoms with Gasteiger partial charge in [0.1, 0.15) is 11.4 Å². The van der Waals surface area contributed by atoms with Gasteiger partial charge in [0.25, 0.3) is 5.70 Å². The minimum absolute atomic E-state index is 0.117. The van der Waals surface area contributed by atoms with Crippen LogP contribution in [0.15, 0.2) is 83.8 Å². The highest BCUT2D eigenvalue weighted by atomic mass is 16.5. The number of ether oxygens (including phenoxy) is 1. The second-order valence-corrected chi connectivity index (χ2v) is 8.14. The van der Waals surface area contributed by atoms with E-state index in [1.54, 1.807) is 0 Å². The van der Waals surface area contributed by atoms with Crippen LogP contribution in [-0.4, -0.2) is 13.1 Å². The van der Waals surface area contributed by atoms with Gasteiger partial charge in [-0.2, -0.15) is 0 Å². The van der Waals surface area contributed by atoms with Gasteiger partial charge in [-0.25, -0.2) is 10.1 Å². The van der Waals surface area contributed by atoms with Crippen LogP contribution in [0.3, 0.4) is 0 Å². The highest BCUT2D eigenvalue weighted by Gasteiger charge is 2.34. The minimum atomic E-state index is -0.641. The van der Waals surface area contributed by atoms with E-state index in [4.69, 9.17) is 11.3 Å². The van der Waals surface area contributed by atoms with Crippen LogP contribution in [-0.2, 0) is 10.3 Å². The average Bonchev–Trinajstić information content (AvgIpc) is 3.34. The lowest BCUT2D eigenvalue weighted by molar-refractivity contribution is 0.0143. The molecule has 2 aromatic carbocycles. The lowest BCUT2D eigenvalue weighted by atomic mass is 9.85. The van der Waals surface area contributed by atoms with Crippen molar-refractivity contribution in [2.75, 3.05) is 18.0 Å². The van der Waals surface area contributed by atoms with Gasteiger partial charge in [0, 0.05) is 25.2 Å². The largest absolute Gasteiger partial charge is 0.483 e. The molecule has 4 heteroatoms. The van der Waals surface area contributed by atoms with Crippen LogP contribution in [0, 0.1) is 17.9 Å². The van der Waals surface area contributed by atoms with Gasteiger partial charge in [0.15, 0.2) is 0 Å². The first-order valence-electron chi connectivity index (χ1n) is 10.6. The van der Waals surface area contributed by atoms with Crippen molar-refractivity contribution >= 4 is 11.8 Å². The van der Waals surface area contributed by atoms with Crippen molar-refractivity contribution in [3.05, 3.63) is 106 Å². The molecule has 1 atom stereocenters. The smallest absolute Gasteiger partial charge is 0.265 e. The number of anilines is 1. The van der Waals surface area contributed by atoms with Crippen LogP contribution in [0.2, 0.25) is 0 Å². The van der Waals surface area contributed by atoms with Crippen LogP contribution >= 0.6 is 0 Å².